The molecule has 0 bridgehead atoms. The quantitative estimate of drug-likeness (QED) is 0.430. The number of aromatic nitrogens is 3. The third kappa shape index (κ3) is 2.64. The second kappa shape index (κ2) is 5.88. The molecule has 0 unspecified atom stereocenters. The maximum Gasteiger partial charge on any atom is 0.159 e. The molecule has 0 atom stereocenters. The highest BCUT2D eigenvalue weighted by Gasteiger charge is 2.12. The zero-order valence-electron chi connectivity index (χ0n) is 12.3. The molecular weight excluding hydrogens is 288 g/mol. The third-order valence-corrected chi connectivity index (χ3v) is 3.55. The summed E-state index contributed by atoms with van der Waals surface area (Å²) in [7, 11) is 0. The fourth-order valence-corrected chi connectivity index (χ4v) is 2.45. The minimum atomic E-state index is 0.450. The van der Waals surface area contributed by atoms with Gasteiger partial charge in [-0.2, -0.15) is 4.68 Å². The van der Waals surface area contributed by atoms with Gasteiger partial charge in [-0.3, -0.25) is 4.99 Å². The fourth-order valence-electron chi connectivity index (χ4n) is 2.45. The molecule has 4 rings (SSSR count). The molecule has 23 heavy (non-hydrogen) atoms. The van der Waals surface area contributed by atoms with Gasteiger partial charge >= 0.3 is 0 Å². The summed E-state index contributed by atoms with van der Waals surface area (Å²) in [4.78, 5) is 4.71. The number of fused-ring (bicyclic) bond motifs is 1. The minimum Gasteiger partial charge on any atom is -0.467 e. The first-order chi connectivity index (χ1) is 11.4. The number of para-hydroxylation sites is 1. The predicted molar refractivity (Wildman–Crippen MR) is 88.3 cm³/mol. The van der Waals surface area contributed by atoms with E-state index in [0.29, 0.717) is 6.54 Å². The van der Waals surface area contributed by atoms with Crippen LogP contribution in [0.4, 0.5) is 0 Å². The molecule has 0 radical (unpaired) electrons. The normalized spacial score (nSPS) is 11.9. The van der Waals surface area contributed by atoms with Crippen LogP contribution in [-0.4, -0.2) is 20.8 Å². The van der Waals surface area contributed by atoms with Gasteiger partial charge in [0.15, 0.2) is 5.84 Å². The average Bonchev–Trinajstić information content (AvgIpc) is 3.26. The molecule has 112 valence electrons. The van der Waals surface area contributed by atoms with Crippen molar-refractivity contribution in [3.05, 3.63) is 84.3 Å². The van der Waals surface area contributed by atoms with E-state index in [1.54, 1.807) is 10.9 Å². The summed E-state index contributed by atoms with van der Waals surface area (Å²) in [5.74, 6) is 1.55. The van der Waals surface area contributed by atoms with E-state index < -0.39 is 0 Å². The second-order valence-corrected chi connectivity index (χ2v) is 5.08. The van der Waals surface area contributed by atoms with E-state index in [0.717, 1.165) is 28.2 Å². The van der Waals surface area contributed by atoms with Crippen LogP contribution in [0.25, 0.3) is 11.0 Å². The first kappa shape index (κ1) is 13.5. The average molecular weight is 302 g/mol. The Bertz CT molecular complexity index is 940. The maximum atomic E-state index is 5.37. The first-order valence-corrected chi connectivity index (χ1v) is 7.35. The number of furan rings is 1. The van der Waals surface area contributed by atoms with E-state index in [4.69, 9.17) is 9.41 Å². The molecule has 2 heterocycles. The molecule has 0 aliphatic heterocycles. The Kier molecular flexibility index (Phi) is 3.44. The molecule has 0 spiro atoms. The van der Waals surface area contributed by atoms with E-state index in [9.17, 15) is 0 Å². The van der Waals surface area contributed by atoms with Crippen molar-refractivity contribution < 1.29 is 4.42 Å². The Hall–Kier alpha value is -3.21. The second-order valence-electron chi connectivity index (χ2n) is 5.08. The highest BCUT2D eigenvalue weighted by molar-refractivity contribution is 6.03. The molecule has 0 aliphatic rings. The van der Waals surface area contributed by atoms with Crippen LogP contribution < -0.4 is 0 Å². The van der Waals surface area contributed by atoms with Gasteiger partial charge in [0, 0.05) is 5.56 Å². The van der Waals surface area contributed by atoms with Crippen molar-refractivity contribution in [3.63, 3.8) is 0 Å². The summed E-state index contributed by atoms with van der Waals surface area (Å²) in [5, 5.41) is 8.50. The van der Waals surface area contributed by atoms with Gasteiger partial charge in [0.05, 0.1) is 18.3 Å². The Balaban J connectivity index is 1.83. The van der Waals surface area contributed by atoms with Crippen molar-refractivity contribution in [2.45, 2.75) is 6.54 Å². The summed E-state index contributed by atoms with van der Waals surface area (Å²) >= 11 is 0. The number of aliphatic imine (C=N–C) groups is 1. The molecule has 2 aromatic heterocycles. The van der Waals surface area contributed by atoms with Gasteiger partial charge in [-0.05, 0) is 24.3 Å². The van der Waals surface area contributed by atoms with Crippen LogP contribution in [0.2, 0.25) is 0 Å². The highest BCUT2D eigenvalue weighted by atomic mass is 16.3. The Labute approximate surface area is 132 Å². The number of benzene rings is 2. The molecule has 0 saturated heterocycles. The van der Waals surface area contributed by atoms with Crippen LogP contribution in [0.3, 0.4) is 0 Å². The number of rotatable bonds is 3. The van der Waals surface area contributed by atoms with Crippen molar-refractivity contribution in [2.24, 2.45) is 4.99 Å². The van der Waals surface area contributed by atoms with E-state index in [1.807, 2.05) is 66.7 Å². The van der Waals surface area contributed by atoms with Gasteiger partial charge in [0.25, 0.3) is 0 Å². The van der Waals surface area contributed by atoms with Crippen molar-refractivity contribution in [3.8, 4) is 0 Å². The van der Waals surface area contributed by atoms with Crippen LogP contribution in [0.15, 0.2) is 82.4 Å². The van der Waals surface area contributed by atoms with Gasteiger partial charge in [-0.15, -0.1) is 5.10 Å². The fraction of sp³-hybridized carbons (Fsp3) is 0.0556. The molecule has 4 aromatic rings. The van der Waals surface area contributed by atoms with Gasteiger partial charge in [0.1, 0.15) is 11.3 Å². The van der Waals surface area contributed by atoms with Crippen LogP contribution in [-0.2, 0) is 6.54 Å². The minimum absolute atomic E-state index is 0.450. The number of nitrogens with zero attached hydrogens (tertiary/aromatic N) is 4. The number of hydrogen-bond donors (Lipinski definition) is 0. The lowest BCUT2D eigenvalue weighted by atomic mass is 10.2. The molecule has 0 fully saturated rings. The summed E-state index contributed by atoms with van der Waals surface area (Å²) < 4.78 is 7.14. The predicted octanol–water partition coefficient (Wildman–Crippen LogP) is 3.52. The van der Waals surface area contributed by atoms with Crippen LogP contribution in [0.5, 0.6) is 0 Å². The van der Waals surface area contributed by atoms with Crippen molar-refractivity contribution >= 4 is 16.9 Å². The van der Waals surface area contributed by atoms with Crippen LogP contribution >= 0.6 is 0 Å². The molecule has 0 saturated carbocycles. The topological polar surface area (TPSA) is 56.2 Å². The van der Waals surface area contributed by atoms with Gasteiger partial charge in [0.2, 0.25) is 0 Å². The smallest absolute Gasteiger partial charge is 0.159 e. The maximum absolute atomic E-state index is 5.37. The third-order valence-electron chi connectivity index (χ3n) is 3.55. The zero-order chi connectivity index (χ0) is 15.5. The Morgan fingerprint density at radius 3 is 2.61 bits per heavy atom. The largest absolute Gasteiger partial charge is 0.467 e. The molecule has 0 N–H and O–H groups in total. The summed E-state index contributed by atoms with van der Waals surface area (Å²) in [6, 6.07) is 21.6. The molecule has 2 aromatic carbocycles. The molecular formula is C18H14N4O. The number of hydrogen-bond acceptors (Lipinski definition) is 4. The summed E-state index contributed by atoms with van der Waals surface area (Å²) in [6.07, 6.45) is 1.65. The first-order valence-electron chi connectivity index (χ1n) is 7.35. The Morgan fingerprint density at radius 2 is 1.78 bits per heavy atom. The van der Waals surface area contributed by atoms with Gasteiger partial charge in [-0.25, -0.2) is 0 Å². The standard InChI is InChI=1S/C18H14N4O/c1-2-7-14(8-3-1)18(19-13-15-9-6-12-23-15)22-17-11-5-4-10-16(17)20-21-22/h1-12H,13H2. The molecule has 5 nitrogen and oxygen atoms in total. The molecule has 0 aliphatic carbocycles. The van der Waals surface area contributed by atoms with E-state index in [-0.39, 0.29) is 0 Å². The lowest BCUT2D eigenvalue weighted by Crippen LogP contribution is -2.15. The van der Waals surface area contributed by atoms with E-state index in [2.05, 4.69) is 10.3 Å². The zero-order valence-corrected chi connectivity index (χ0v) is 12.3. The van der Waals surface area contributed by atoms with Gasteiger partial charge in [-0.1, -0.05) is 47.7 Å². The SMILES string of the molecule is c1ccc(C(=NCc2ccco2)n2nnc3ccccc32)cc1. The van der Waals surface area contributed by atoms with Crippen LogP contribution in [0.1, 0.15) is 11.3 Å². The summed E-state index contributed by atoms with van der Waals surface area (Å²) in [6.45, 7) is 0.450. The van der Waals surface area contributed by atoms with Crippen LogP contribution in [0, 0.1) is 0 Å². The van der Waals surface area contributed by atoms with Gasteiger partial charge < -0.3 is 4.42 Å². The van der Waals surface area contributed by atoms with Crippen molar-refractivity contribution in [1.29, 1.82) is 0 Å². The van der Waals surface area contributed by atoms with Crippen molar-refractivity contribution in [1.82, 2.24) is 15.0 Å². The van der Waals surface area contributed by atoms with E-state index in [1.165, 1.54) is 0 Å². The van der Waals surface area contributed by atoms with E-state index >= 15 is 0 Å². The molecule has 0 amide bonds. The lowest BCUT2D eigenvalue weighted by molar-refractivity contribution is 0.512. The lowest BCUT2D eigenvalue weighted by Gasteiger charge is -2.07. The highest BCUT2D eigenvalue weighted by Crippen LogP contribution is 2.14. The van der Waals surface area contributed by atoms with Crippen molar-refractivity contribution in [2.75, 3.05) is 0 Å². The monoisotopic (exact) mass is 302 g/mol. The Morgan fingerprint density at radius 1 is 0.957 bits per heavy atom. The summed E-state index contributed by atoms with van der Waals surface area (Å²) in [5.41, 5.74) is 2.75. The molecule has 5 heteroatoms.